The quantitative estimate of drug-likeness (QED) is 0.697. The van der Waals surface area contributed by atoms with Gasteiger partial charge in [0.2, 0.25) is 11.8 Å². The first kappa shape index (κ1) is 17.6. The van der Waals surface area contributed by atoms with Crippen LogP contribution in [0.3, 0.4) is 0 Å². The normalized spacial score (nSPS) is 19.0. The van der Waals surface area contributed by atoms with E-state index in [1.807, 2.05) is 0 Å². The van der Waals surface area contributed by atoms with Crippen LogP contribution in [0.1, 0.15) is 51.4 Å². The molecule has 3 N–H and O–H groups in total. The molecule has 2 aliphatic rings. The zero-order chi connectivity index (χ0) is 16.5. The van der Waals surface area contributed by atoms with Gasteiger partial charge >= 0.3 is 6.03 Å². The third-order valence-electron chi connectivity index (χ3n) is 4.49. The Morgan fingerprint density at radius 3 is 2.13 bits per heavy atom. The lowest BCUT2D eigenvalue weighted by Crippen LogP contribution is -2.48. The maximum absolute atomic E-state index is 11.9. The fraction of sp³-hybridized carbons (Fsp3) is 0.812. The molecule has 7 heteroatoms. The molecular weight excluding hydrogens is 296 g/mol. The van der Waals surface area contributed by atoms with Gasteiger partial charge in [-0.2, -0.15) is 0 Å². The molecule has 0 spiro atoms. The van der Waals surface area contributed by atoms with E-state index in [1.54, 1.807) is 4.90 Å². The molecule has 2 fully saturated rings. The molecule has 1 aliphatic heterocycles. The van der Waals surface area contributed by atoms with Crippen molar-refractivity contribution in [2.45, 2.75) is 57.4 Å². The number of carbonyl (C=O) groups excluding carboxylic acids is 3. The van der Waals surface area contributed by atoms with E-state index in [0.717, 1.165) is 58.0 Å². The highest BCUT2D eigenvalue weighted by molar-refractivity contribution is 5.87. The van der Waals surface area contributed by atoms with Crippen molar-refractivity contribution in [3.05, 3.63) is 0 Å². The lowest BCUT2D eigenvalue weighted by molar-refractivity contribution is -0.130. The minimum Gasteiger partial charge on any atom is -0.352 e. The summed E-state index contributed by atoms with van der Waals surface area (Å²) in [5.41, 5.74) is 0. The Morgan fingerprint density at radius 1 is 0.826 bits per heavy atom. The number of likely N-dealkylation sites (tertiary alicyclic amines) is 1. The summed E-state index contributed by atoms with van der Waals surface area (Å²) in [5.74, 6) is -0.235. The minimum atomic E-state index is -0.478. The number of nitrogens with one attached hydrogen (secondary N) is 3. The Kier molecular flexibility index (Phi) is 7.16. The zero-order valence-corrected chi connectivity index (χ0v) is 13.7. The van der Waals surface area contributed by atoms with E-state index in [9.17, 15) is 14.4 Å². The molecule has 130 valence electrons. The molecule has 7 nitrogen and oxygen atoms in total. The minimum absolute atomic E-state index is 0.0178. The Morgan fingerprint density at radius 2 is 1.43 bits per heavy atom. The van der Waals surface area contributed by atoms with Crippen LogP contribution in [-0.4, -0.2) is 55.0 Å². The number of rotatable bonds is 5. The van der Waals surface area contributed by atoms with Crippen molar-refractivity contribution in [3.63, 3.8) is 0 Å². The highest BCUT2D eigenvalue weighted by Gasteiger charge is 2.18. The number of carbonyl (C=O) groups is 3. The van der Waals surface area contributed by atoms with Crippen LogP contribution < -0.4 is 16.0 Å². The van der Waals surface area contributed by atoms with E-state index in [2.05, 4.69) is 16.0 Å². The number of urea groups is 1. The number of amides is 4. The number of piperidine rings is 1. The number of hydrogen-bond donors (Lipinski definition) is 3. The van der Waals surface area contributed by atoms with Gasteiger partial charge < -0.3 is 20.9 Å². The van der Waals surface area contributed by atoms with Gasteiger partial charge in [0, 0.05) is 19.1 Å². The van der Waals surface area contributed by atoms with Crippen molar-refractivity contribution in [2.75, 3.05) is 26.2 Å². The van der Waals surface area contributed by atoms with Crippen LogP contribution in [0, 0.1) is 0 Å². The Bertz CT molecular complexity index is 416. The molecule has 0 aromatic rings. The monoisotopic (exact) mass is 324 g/mol. The van der Waals surface area contributed by atoms with E-state index >= 15 is 0 Å². The lowest BCUT2D eigenvalue weighted by Gasteiger charge is -2.26. The maximum Gasteiger partial charge on any atom is 0.315 e. The van der Waals surface area contributed by atoms with Gasteiger partial charge in [0.1, 0.15) is 0 Å². The standard InChI is InChI=1S/C16H28N4O3/c21-14(19-13-7-3-1-4-8-13)11-17-16(23)18-12-15(22)20-9-5-2-6-10-20/h13H,1-12H2,(H,19,21)(H2,17,18,23). The van der Waals surface area contributed by atoms with Crippen LogP contribution in [0.2, 0.25) is 0 Å². The molecule has 1 saturated heterocycles. The van der Waals surface area contributed by atoms with Gasteiger partial charge in [-0.25, -0.2) is 4.79 Å². The Labute approximate surface area is 137 Å². The first-order chi connectivity index (χ1) is 11.1. The second-order valence-corrected chi connectivity index (χ2v) is 6.38. The lowest BCUT2D eigenvalue weighted by atomic mass is 9.95. The van der Waals surface area contributed by atoms with Crippen LogP contribution in [0.15, 0.2) is 0 Å². The third-order valence-corrected chi connectivity index (χ3v) is 4.49. The van der Waals surface area contributed by atoms with Gasteiger partial charge in [0.15, 0.2) is 0 Å². The molecule has 0 radical (unpaired) electrons. The van der Waals surface area contributed by atoms with Crippen molar-refractivity contribution in [1.82, 2.24) is 20.9 Å². The molecule has 1 aliphatic carbocycles. The molecule has 2 rings (SSSR count). The van der Waals surface area contributed by atoms with Crippen LogP contribution in [0.5, 0.6) is 0 Å². The highest BCUT2D eigenvalue weighted by atomic mass is 16.2. The summed E-state index contributed by atoms with van der Waals surface area (Å²) in [7, 11) is 0. The van der Waals surface area contributed by atoms with Crippen LogP contribution in [-0.2, 0) is 9.59 Å². The van der Waals surface area contributed by atoms with E-state index in [0.29, 0.717) is 0 Å². The molecule has 0 aromatic heterocycles. The van der Waals surface area contributed by atoms with E-state index in [1.165, 1.54) is 6.42 Å². The Hall–Kier alpha value is -1.79. The van der Waals surface area contributed by atoms with Gasteiger partial charge in [-0.15, -0.1) is 0 Å². The smallest absolute Gasteiger partial charge is 0.315 e. The topological polar surface area (TPSA) is 90.5 Å². The summed E-state index contributed by atoms with van der Waals surface area (Å²) in [4.78, 5) is 37.1. The molecule has 0 aromatic carbocycles. The van der Waals surface area contributed by atoms with Crippen LogP contribution in [0.4, 0.5) is 4.79 Å². The molecule has 0 atom stereocenters. The van der Waals surface area contributed by atoms with Crippen molar-refractivity contribution in [1.29, 1.82) is 0 Å². The van der Waals surface area contributed by atoms with E-state index < -0.39 is 6.03 Å². The second-order valence-electron chi connectivity index (χ2n) is 6.38. The van der Waals surface area contributed by atoms with Gasteiger partial charge in [0.25, 0.3) is 0 Å². The predicted octanol–water partition coefficient (Wildman–Crippen LogP) is 0.747. The fourth-order valence-corrected chi connectivity index (χ4v) is 3.16. The van der Waals surface area contributed by atoms with E-state index in [-0.39, 0.29) is 30.9 Å². The molecular formula is C16H28N4O3. The van der Waals surface area contributed by atoms with Crippen molar-refractivity contribution >= 4 is 17.8 Å². The van der Waals surface area contributed by atoms with Crippen molar-refractivity contribution in [3.8, 4) is 0 Å². The van der Waals surface area contributed by atoms with Gasteiger partial charge in [0.05, 0.1) is 13.1 Å². The molecule has 0 bridgehead atoms. The second kappa shape index (κ2) is 9.37. The highest BCUT2D eigenvalue weighted by Crippen LogP contribution is 2.17. The molecule has 1 saturated carbocycles. The summed E-state index contributed by atoms with van der Waals surface area (Å²) >= 11 is 0. The zero-order valence-electron chi connectivity index (χ0n) is 13.7. The molecule has 4 amide bonds. The Balaban J connectivity index is 1.56. The number of hydrogen-bond acceptors (Lipinski definition) is 3. The predicted molar refractivity (Wildman–Crippen MR) is 86.8 cm³/mol. The average Bonchev–Trinajstić information content (AvgIpc) is 2.59. The SMILES string of the molecule is O=C(CNC(=O)NCC(=O)N1CCCCC1)NC1CCCCC1. The summed E-state index contributed by atoms with van der Waals surface area (Å²) in [6, 6.07) is -0.240. The van der Waals surface area contributed by atoms with Gasteiger partial charge in [-0.05, 0) is 32.1 Å². The third kappa shape index (κ3) is 6.46. The molecule has 1 heterocycles. The van der Waals surface area contributed by atoms with Crippen molar-refractivity contribution in [2.24, 2.45) is 0 Å². The van der Waals surface area contributed by atoms with E-state index in [4.69, 9.17) is 0 Å². The average molecular weight is 324 g/mol. The summed E-state index contributed by atoms with van der Waals surface area (Å²) in [5, 5.41) is 7.95. The maximum atomic E-state index is 11.9. The first-order valence-electron chi connectivity index (χ1n) is 8.74. The van der Waals surface area contributed by atoms with Crippen molar-refractivity contribution < 1.29 is 14.4 Å². The summed E-state index contributed by atoms with van der Waals surface area (Å²) in [6.07, 6.45) is 8.78. The summed E-state index contributed by atoms with van der Waals surface area (Å²) in [6.45, 7) is 1.47. The van der Waals surface area contributed by atoms with Gasteiger partial charge in [-0.3, -0.25) is 9.59 Å². The largest absolute Gasteiger partial charge is 0.352 e. The summed E-state index contributed by atoms with van der Waals surface area (Å²) < 4.78 is 0. The number of nitrogens with zero attached hydrogens (tertiary/aromatic N) is 1. The van der Waals surface area contributed by atoms with Crippen LogP contribution in [0.25, 0.3) is 0 Å². The van der Waals surface area contributed by atoms with Gasteiger partial charge in [-0.1, -0.05) is 19.3 Å². The molecule has 0 unspecified atom stereocenters. The van der Waals surface area contributed by atoms with Crippen LogP contribution >= 0.6 is 0 Å². The molecule has 23 heavy (non-hydrogen) atoms. The fourth-order valence-electron chi connectivity index (χ4n) is 3.16. The first-order valence-corrected chi connectivity index (χ1v) is 8.74.